The second-order valence-corrected chi connectivity index (χ2v) is 8.41. The van der Waals surface area contributed by atoms with Crippen LogP contribution in [0.4, 0.5) is 0 Å². The maximum absolute atomic E-state index is 12.8. The van der Waals surface area contributed by atoms with Gasteiger partial charge in [-0.25, -0.2) is 9.78 Å². The van der Waals surface area contributed by atoms with Gasteiger partial charge in [-0.15, -0.1) is 0 Å². The Balaban J connectivity index is 2.87. The summed E-state index contributed by atoms with van der Waals surface area (Å²) in [7, 11) is 0. The van der Waals surface area contributed by atoms with Crippen molar-refractivity contribution < 1.29 is 29.4 Å². The normalized spacial score (nSPS) is 16.0. The lowest BCUT2D eigenvalue weighted by molar-refractivity contribution is -0.144. The number of carboxylic acids is 1. The Labute approximate surface area is 186 Å². The minimum absolute atomic E-state index is 0.183. The molecule has 0 aliphatic carbocycles. The number of aromatic nitrogens is 2. The van der Waals surface area contributed by atoms with E-state index in [0.717, 1.165) is 0 Å². The van der Waals surface area contributed by atoms with Crippen molar-refractivity contribution in [3.8, 4) is 0 Å². The third-order valence-electron chi connectivity index (χ3n) is 4.87. The average Bonchev–Trinajstić information content (AvgIpc) is 3.19. The number of imidazole rings is 1. The first-order valence-corrected chi connectivity index (χ1v) is 10.4. The van der Waals surface area contributed by atoms with Crippen LogP contribution in [0.2, 0.25) is 0 Å². The lowest BCUT2D eigenvalue weighted by Crippen LogP contribution is -2.61. The monoisotopic (exact) mass is 454 g/mol. The number of H-pyrrole nitrogens is 1. The molecule has 1 rings (SSSR count). The van der Waals surface area contributed by atoms with E-state index in [0.29, 0.717) is 5.69 Å². The first kappa shape index (κ1) is 27.0. The van der Waals surface area contributed by atoms with Gasteiger partial charge in [0.05, 0.1) is 18.5 Å². The SMILES string of the molecule is CC(C)C(NC(=O)C(NC(=O)C(NC(=O)C(N)Cc1cnc[nH]1)C(C)C)C(C)O)C(=O)O. The fraction of sp³-hybridized carbons (Fsp3) is 0.650. The van der Waals surface area contributed by atoms with Crippen LogP contribution in [0.15, 0.2) is 12.5 Å². The molecule has 0 saturated heterocycles. The molecule has 5 unspecified atom stereocenters. The highest BCUT2D eigenvalue weighted by atomic mass is 16.4. The third-order valence-corrected chi connectivity index (χ3v) is 4.87. The summed E-state index contributed by atoms with van der Waals surface area (Å²) in [6, 6.07) is -4.59. The molecule has 0 fully saturated rings. The molecule has 12 heteroatoms. The number of hydrogen-bond acceptors (Lipinski definition) is 7. The number of aliphatic carboxylic acids is 1. The molecule has 8 N–H and O–H groups in total. The van der Waals surface area contributed by atoms with E-state index in [2.05, 4.69) is 25.9 Å². The predicted octanol–water partition coefficient (Wildman–Crippen LogP) is -1.49. The van der Waals surface area contributed by atoms with Gasteiger partial charge in [-0.05, 0) is 18.8 Å². The minimum atomic E-state index is -1.42. The van der Waals surface area contributed by atoms with Crippen molar-refractivity contribution in [2.24, 2.45) is 17.6 Å². The number of carbonyl (C=O) groups excluding carboxylic acids is 3. The largest absolute Gasteiger partial charge is 0.480 e. The molecule has 0 saturated carbocycles. The number of aliphatic hydroxyl groups is 1. The maximum atomic E-state index is 12.8. The van der Waals surface area contributed by atoms with Crippen LogP contribution in [-0.4, -0.2) is 74.1 Å². The van der Waals surface area contributed by atoms with Gasteiger partial charge < -0.3 is 36.9 Å². The van der Waals surface area contributed by atoms with E-state index in [1.54, 1.807) is 27.7 Å². The molecule has 0 aromatic carbocycles. The molecule has 180 valence electrons. The predicted molar refractivity (Wildman–Crippen MR) is 115 cm³/mol. The van der Waals surface area contributed by atoms with Crippen LogP contribution in [0.25, 0.3) is 0 Å². The quantitative estimate of drug-likeness (QED) is 0.198. The van der Waals surface area contributed by atoms with Crippen LogP contribution in [-0.2, 0) is 25.6 Å². The van der Waals surface area contributed by atoms with E-state index < -0.39 is 59.9 Å². The van der Waals surface area contributed by atoms with Gasteiger partial charge in [0.25, 0.3) is 0 Å². The molecule has 1 aromatic heterocycles. The lowest BCUT2D eigenvalue weighted by Gasteiger charge is -2.28. The summed E-state index contributed by atoms with van der Waals surface area (Å²) in [4.78, 5) is 56.0. The zero-order valence-electron chi connectivity index (χ0n) is 19.0. The molecule has 1 aromatic rings. The Hall–Kier alpha value is -2.99. The summed E-state index contributed by atoms with van der Waals surface area (Å²) in [6.45, 7) is 7.92. The Morgan fingerprint density at radius 1 is 0.938 bits per heavy atom. The van der Waals surface area contributed by atoms with Gasteiger partial charge in [0, 0.05) is 18.3 Å². The van der Waals surface area contributed by atoms with Crippen LogP contribution in [0.5, 0.6) is 0 Å². The van der Waals surface area contributed by atoms with Crippen molar-refractivity contribution in [1.29, 1.82) is 0 Å². The first-order chi connectivity index (χ1) is 14.8. The van der Waals surface area contributed by atoms with E-state index in [1.807, 2.05) is 0 Å². The Bertz CT molecular complexity index is 780. The lowest BCUT2D eigenvalue weighted by atomic mass is 10.0. The fourth-order valence-corrected chi connectivity index (χ4v) is 2.93. The van der Waals surface area contributed by atoms with Gasteiger partial charge in [-0.2, -0.15) is 0 Å². The van der Waals surface area contributed by atoms with E-state index in [-0.39, 0.29) is 12.3 Å². The van der Waals surface area contributed by atoms with Crippen molar-refractivity contribution >= 4 is 23.7 Å². The van der Waals surface area contributed by atoms with E-state index >= 15 is 0 Å². The van der Waals surface area contributed by atoms with Gasteiger partial charge in [0.15, 0.2) is 0 Å². The maximum Gasteiger partial charge on any atom is 0.326 e. The van der Waals surface area contributed by atoms with E-state index in [9.17, 15) is 29.4 Å². The second kappa shape index (κ2) is 12.2. The highest BCUT2D eigenvalue weighted by molar-refractivity contribution is 5.94. The van der Waals surface area contributed by atoms with E-state index in [1.165, 1.54) is 19.4 Å². The third kappa shape index (κ3) is 7.93. The van der Waals surface area contributed by atoms with Crippen LogP contribution < -0.4 is 21.7 Å². The number of carbonyl (C=O) groups is 4. The molecule has 5 atom stereocenters. The van der Waals surface area contributed by atoms with Crippen LogP contribution in [0, 0.1) is 11.8 Å². The smallest absolute Gasteiger partial charge is 0.326 e. The standard InChI is InChI=1S/C20H34N6O6/c1-9(2)14(24-17(28)13(21)6-12-7-22-8-23-12)18(29)26-16(11(5)27)19(30)25-15(10(3)4)20(31)32/h7-11,13-16,27H,6,21H2,1-5H3,(H,22,23)(H,24,28)(H,25,30)(H,26,29)(H,31,32). The van der Waals surface area contributed by atoms with Gasteiger partial charge in [-0.3, -0.25) is 14.4 Å². The number of hydrogen-bond donors (Lipinski definition) is 7. The number of rotatable bonds is 12. The summed E-state index contributed by atoms with van der Waals surface area (Å²) in [5, 5.41) is 26.6. The minimum Gasteiger partial charge on any atom is -0.480 e. The Morgan fingerprint density at radius 2 is 1.44 bits per heavy atom. The summed E-state index contributed by atoms with van der Waals surface area (Å²) in [5.74, 6) is -4.14. The molecule has 0 aliphatic rings. The molecular weight excluding hydrogens is 420 g/mol. The topological polar surface area (TPSA) is 200 Å². The van der Waals surface area contributed by atoms with Gasteiger partial charge in [-0.1, -0.05) is 27.7 Å². The molecule has 1 heterocycles. The van der Waals surface area contributed by atoms with Crippen molar-refractivity contribution in [3.05, 3.63) is 18.2 Å². The zero-order chi connectivity index (χ0) is 24.6. The van der Waals surface area contributed by atoms with Crippen molar-refractivity contribution in [1.82, 2.24) is 25.9 Å². The van der Waals surface area contributed by atoms with Crippen LogP contribution in [0.3, 0.4) is 0 Å². The van der Waals surface area contributed by atoms with Gasteiger partial charge >= 0.3 is 5.97 Å². The zero-order valence-corrected chi connectivity index (χ0v) is 19.0. The molecule has 12 nitrogen and oxygen atoms in total. The van der Waals surface area contributed by atoms with E-state index in [4.69, 9.17) is 5.73 Å². The highest BCUT2D eigenvalue weighted by Crippen LogP contribution is 2.07. The summed E-state index contributed by atoms with van der Waals surface area (Å²) >= 11 is 0. The van der Waals surface area contributed by atoms with Crippen LogP contribution in [0.1, 0.15) is 40.3 Å². The molecule has 0 aliphatic heterocycles. The fourth-order valence-electron chi connectivity index (χ4n) is 2.93. The Kier molecular flexibility index (Phi) is 10.3. The number of nitrogens with one attached hydrogen (secondary N) is 4. The summed E-state index contributed by atoms with van der Waals surface area (Å²) in [5.41, 5.74) is 6.57. The number of aromatic amines is 1. The number of nitrogens with zero attached hydrogens (tertiary/aromatic N) is 1. The molecule has 0 spiro atoms. The number of aliphatic hydroxyl groups excluding tert-OH is 1. The van der Waals surface area contributed by atoms with Crippen molar-refractivity contribution in [2.75, 3.05) is 0 Å². The molecule has 0 radical (unpaired) electrons. The summed E-state index contributed by atoms with van der Waals surface area (Å²) < 4.78 is 0. The van der Waals surface area contributed by atoms with Crippen molar-refractivity contribution in [2.45, 2.75) is 71.3 Å². The summed E-state index contributed by atoms with van der Waals surface area (Å²) in [6.07, 6.45) is 1.86. The second-order valence-electron chi connectivity index (χ2n) is 8.41. The average molecular weight is 455 g/mol. The van der Waals surface area contributed by atoms with Crippen LogP contribution >= 0.6 is 0 Å². The number of amides is 3. The van der Waals surface area contributed by atoms with Crippen molar-refractivity contribution in [3.63, 3.8) is 0 Å². The first-order valence-electron chi connectivity index (χ1n) is 10.4. The molecular formula is C20H34N6O6. The Morgan fingerprint density at radius 3 is 1.88 bits per heavy atom. The van der Waals surface area contributed by atoms with Gasteiger partial charge in [0.2, 0.25) is 17.7 Å². The molecule has 3 amide bonds. The molecule has 0 bridgehead atoms. The highest BCUT2D eigenvalue weighted by Gasteiger charge is 2.34. The van der Waals surface area contributed by atoms with Gasteiger partial charge in [0.1, 0.15) is 18.1 Å². The number of carboxylic acid groups (broad SMARTS) is 1. The number of nitrogens with two attached hydrogens (primary N) is 1. The molecule has 32 heavy (non-hydrogen) atoms.